The first-order chi connectivity index (χ1) is 17.8. The number of aliphatic hydroxyl groups excluding tert-OH is 1. The molecule has 1 heterocycles. The molecule has 1 amide bonds. The smallest absolute Gasteiger partial charge is 0.300 e. The minimum Gasteiger partial charge on any atom is -0.507 e. The number of carbonyl (C=O) groups excluding carboxylic acids is 2. The Kier molecular flexibility index (Phi) is 7.53. The minimum atomic E-state index is -0.878. The molecule has 1 fully saturated rings. The van der Waals surface area contributed by atoms with Gasteiger partial charge in [-0.25, -0.2) is 0 Å². The van der Waals surface area contributed by atoms with Crippen LogP contribution in [-0.4, -0.2) is 37.6 Å². The van der Waals surface area contributed by atoms with E-state index in [1.54, 1.807) is 30.3 Å². The number of hydrogen-bond donors (Lipinski definition) is 1. The van der Waals surface area contributed by atoms with Crippen molar-refractivity contribution in [2.24, 2.45) is 0 Å². The second-order valence-electron chi connectivity index (χ2n) is 8.99. The van der Waals surface area contributed by atoms with E-state index in [9.17, 15) is 14.7 Å². The summed E-state index contributed by atoms with van der Waals surface area (Å²) >= 11 is 0. The molecule has 1 saturated heterocycles. The van der Waals surface area contributed by atoms with Crippen molar-refractivity contribution in [1.29, 1.82) is 0 Å². The maximum atomic E-state index is 13.5. The molecule has 192 valence electrons. The molecule has 1 aliphatic heterocycles. The second kappa shape index (κ2) is 10.8. The standard InChI is InChI=1S/C30H31NO6/c1-6-37-23-9-7-8-20(16-23)27-26(28(32)24-15-14-22(35-4)17-25(24)36-5)29(33)30(34)31(27)21-12-10-19(11-13-21)18(2)3/h7-18,27,32H,6H2,1-5H3/b28-26+. The van der Waals surface area contributed by atoms with Crippen LogP contribution in [0.4, 0.5) is 5.69 Å². The van der Waals surface area contributed by atoms with E-state index < -0.39 is 17.7 Å². The first-order valence-electron chi connectivity index (χ1n) is 12.2. The monoisotopic (exact) mass is 501 g/mol. The van der Waals surface area contributed by atoms with E-state index in [4.69, 9.17) is 14.2 Å². The van der Waals surface area contributed by atoms with Gasteiger partial charge in [-0.1, -0.05) is 38.1 Å². The van der Waals surface area contributed by atoms with Crippen LogP contribution in [0, 0.1) is 0 Å². The SMILES string of the molecule is CCOc1cccc(C2/C(=C(\O)c3ccc(OC)cc3OC)C(=O)C(=O)N2c2ccc(C(C)C)cc2)c1. The summed E-state index contributed by atoms with van der Waals surface area (Å²) in [5, 5.41) is 11.5. The van der Waals surface area contributed by atoms with Crippen LogP contribution >= 0.6 is 0 Å². The summed E-state index contributed by atoms with van der Waals surface area (Å²) in [6.45, 7) is 6.51. The highest BCUT2D eigenvalue weighted by Gasteiger charge is 2.47. The molecule has 1 atom stereocenters. The lowest BCUT2D eigenvalue weighted by Gasteiger charge is -2.26. The van der Waals surface area contributed by atoms with Crippen LogP contribution in [-0.2, 0) is 9.59 Å². The normalized spacial score (nSPS) is 16.8. The third-order valence-electron chi connectivity index (χ3n) is 6.43. The summed E-state index contributed by atoms with van der Waals surface area (Å²) in [7, 11) is 2.99. The summed E-state index contributed by atoms with van der Waals surface area (Å²) < 4.78 is 16.4. The molecule has 3 aromatic carbocycles. The third kappa shape index (κ3) is 4.89. The zero-order valence-corrected chi connectivity index (χ0v) is 21.6. The molecule has 1 unspecified atom stereocenters. The Morgan fingerprint density at radius 1 is 0.946 bits per heavy atom. The largest absolute Gasteiger partial charge is 0.507 e. The molecule has 1 aliphatic rings. The summed E-state index contributed by atoms with van der Waals surface area (Å²) in [5.41, 5.74) is 2.54. The van der Waals surface area contributed by atoms with Crippen LogP contribution in [0.25, 0.3) is 5.76 Å². The van der Waals surface area contributed by atoms with E-state index in [0.717, 1.165) is 5.56 Å². The lowest BCUT2D eigenvalue weighted by Crippen LogP contribution is -2.29. The number of carbonyl (C=O) groups is 2. The maximum absolute atomic E-state index is 13.5. The van der Waals surface area contributed by atoms with Crippen molar-refractivity contribution in [2.75, 3.05) is 25.7 Å². The number of benzene rings is 3. The van der Waals surface area contributed by atoms with E-state index in [1.807, 2.05) is 43.3 Å². The highest BCUT2D eigenvalue weighted by Crippen LogP contribution is 2.44. The van der Waals surface area contributed by atoms with Crippen LogP contribution in [0.2, 0.25) is 0 Å². The van der Waals surface area contributed by atoms with Gasteiger partial charge in [0.2, 0.25) is 0 Å². The van der Waals surface area contributed by atoms with Crippen LogP contribution in [0.5, 0.6) is 17.2 Å². The Bertz CT molecular complexity index is 1340. The molecule has 3 aromatic rings. The van der Waals surface area contributed by atoms with Gasteiger partial charge in [0.05, 0.1) is 38.0 Å². The number of nitrogens with zero attached hydrogens (tertiary/aromatic N) is 1. The lowest BCUT2D eigenvalue weighted by atomic mass is 9.94. The number of methoxy groups -OCH3 is 2. The highest BCUT2D eigenvalue weighted by atomic mass is 16.5. The molecule has 0 saturated carbocycles. The summed E-state index contributed by atoms with van der Waals surface area (Å²) in [6, 6.07) is 18.7. The van der Waals surface area contributed by atoms with Crippen molar-refractivity contribution in [3.05, 3.63) is 89.0 Å². The Balaban J connectivity index is 1.94. The van der Waals surface area contributed by atoms with Crippen molar-refractivity contribution in [3.63, 3.8) is 0 Å². The fourth-order valence-corrected chi connectivity index (χ4v) is 4.51. The van der Waals surface area contributed by atoms with Gasteiger partial charge in [-0.15, -0.1) is 0 Å². The molecule has 0 bridgehead atoms. The Morgan fingerprint density at radius 3 is 2.30 bits per heavy atom. The molecule has 4 rings (SSSR count). The fraction of sp³-hybridized carbons (Fsp3) is 0.267. The predicted molar refractivity (Wildman–Crippen MR) is 142 cm³/mol. The van der Waals surface area contributed by atoms with Crippen LogP contribution in [0.1, 0.15) is 49.4 Å². The van der Waals surface area contributed by atoms with Gasteiger partial charge in [-0.05, 0) is 60.4 Å². The fourth-order valence-electron chi connectivity index (χ4n) is 4.51. The number of ether oxygens (including phenoxy) is 3. The Hall–Kier alpha value is -4.26. The van der Waals surface area contributed by atoms with Crippen molar-refractivity contribution < 1.29 is 28.9 Å². The zero-order chi connectivity index (χ0) is 26.7. The lowest BCUT2D eigenvalue weighted by molar-refractivity contribution is -0.132. The van der Waals surface area contributed by atoms with Gasteiger partial charge >= 0.3 is 0 Å². The van der Waals surface area contributed by atoms with Crippen molar-refractivity contribution >= 4 is 23.1 Å². The molecule has 0 radical (unpaired) electrons. The maximum Gasteiger partial charge on any atom is 0.300 e. The number of aliphatic hydroxyl groups is 1. The van der Waals surface area contributed by atoms with Gasteiger partial charge in [0.1, 0.15) is 23.0 Å². The van der Waals surface area contributed by atoms with Gasteiger partial charge in [0.25, 0.3) is 11.7 Å². The third-order valence-corrected chi connectivity index (χ3v) is 6.43. The molecule has 7 nitrogen and oxygen atoms in total. The van der Waals surface area contributed by atoms with Crippen LogP contribution in [0.15, 0.2) is 72.3 Å². The molecule has 0 aromatic heterocycles. The molecule has 0 aliphatic carbocycles. The van der Waals surface area contributed by atoms with Crippen molar-refractivity contribution in [2.45, 2.75) is 32.7 Å². The van der Waals surface area contributed by atoms with Crippen molar-refractivity contribution in [1.82, 2.24) is 0 Å². The minimum absolute atomic E-state index is 0.0324. The molecule has 1 N–H and O–H groups in total. The summed E-state index contributed by atoms with van der Waals surface area (Å²) in [6.07, 6.45) is 0. The number of rotatable bonds is 8. The average molecular weight is 502 g/mol. The van der Waals surface area contributed by atoms with Gasteiger partial charge in [-0.3, -0.25) is 14.5 Å². The van der Waals surface area contributed by atoms with Crippen LogP contribution < -0.4 is 19.1 Å². The summed E-state index contributed by atoms with van der Waals surface area (Å²) in [4.78, 5) is 28.4. The average Bonchev–Trinajstić information content (AvgIpc) is 3.18. The van der Waals surface area contributed by atoms with Crippen molar-refractivity contribution in [3.8, 4) is 17.2 Å². The number of ketones is 1. The topological polar surface area (TPSA) is 85.3 Å². The molecule has 37 heavy (non-hydrogen) atoms. The first kappa shape index (κ1) is 25.8. The first-order valence-corrected chi connectivity index (χ1v) is 12.2. The zero-order valence-electron chi connectivity index (χ0n) is 21.6. The van der Waals surface area contributed by atoms with Gasteiger partial charge in [0, 0.05) is 11.8 Å². The Morgan fingerprint density at radius 2 is 1.68 bits per heavy atom. The van der Waals surface area contributed by atoms with E-state index in [-0.39, 0.29) is 16.9 Å². The van der Waals surface area contributed by atoms with E-state index in [2.05, 4.69) is 13.8 Å². The van der Waals surface area contributed by atoms with E-state index in [0.29, 0.717) is 41.0 Å². The van der Waals surface area contributed by atoms with Gasteiger partial charge in [-0.2, -0.15) is 0 Å². The second-order valence-corrected chi connectivity index (χ2v) is 8.99. The predicted octanol–water partition coefficient (Wildman–Crippen LogP) is 5.85. The highest BCUT2D eigenvalue weighted by molar-refractivity contribution is 6.51. The summed E-state index contributed by atoms with van der Waals surface area (Å²) in [5.74, 6) is -0.0844. The van der Waals surface area contributed by atoms with E-state index >= 15 is 0 Å². The number of amides is 1. The van der Waals surface area contributed by atoms with Crippen LogP contribution in [0.3, 0.4) is 0 Å². The number of hydrogen-bond acceptors (Lipinski definition) is 6. The quantitative estimate of drug-likeness (QED) is 0.237. The van der Waals surface area contributed by atoms with Gasteiger partial charge < -0.3 is 19.3 Å². The van der Waals surface area contributed by atoms with Gasteiger partial charge in [0.15, 0.2) is 0 Å². The molecule has 0 spiro atoms. The van der Waals surface area contributed by atoms with E-state index in [1.165, 1.54) is 19.1 Å². The molecule has 7 heteroatoms. The Labute approximate surface area is 216 Å². The number of Topliss-reactive ketones (excluding diaryl/α,β-unsaturated/α-hetero) is 1. The molecular weight excluding hydrogens is 470 g/mol. The molecular formula is C30H31NO6. The number of anilines is 1.